The van der Waals surface area contributed by atoms with Gasteiger partial charge in [-0.3, -0.25) is 4.79 Å². The number of rotatable bonds is 6. The van der Waals surface area contributed by atoms with Gasteiger partial charge < -0.3 is 4.90 Å². The molecule has 1 atom stereocenters. The Bertz CT molecular complexity index is 945. The molecule has 6 heteroatoms. The second-order valence-corrected chi connectivity index (χ2v) is 9.49. The average molecular weight is 410 g/mol. The van der Waals surface area contributed by atoms with Crippen LogP contribution >= 0.6 is 23.1 Å². The number of carbonyl (C=O) groups is 1. The van der Waals surface area contributed by atoms with Gasteiger partial charge in [-0.05, 0) is 32.3 Å². The van der Waals surface area contributed by atoms with Crippen LogP contribution in [0.15, 0.2) is 52.9 Å². The maximum atomic E-state index is 13.3. The Balaban J connectivity index is 1.62. The lowest BCUT2D eigenvalue weighted by Crippen LogP contribution is -2.17. The number of aromatic nitrogens is 2. The van der Waals surface area contributed by atoms with Crippen LogP contribution in [-0.4, -0.2) is 29.1 Å². The molecule has 0 radical (unpaired) electrons. The Morgan fingerprint density at radius 3 is 2.21 bits per heavy atom. The zero-order valence-electron chi connectivity index (χ0n) is 16.1. The van der Waals surface area contributed by atoms with Crippen molar-refractivity contribution in [1.29, 1.82) is 0 Å². The highest BCUT2D eigenvalue weighted by atomic mass is 32.2. The maximum absolute atomic E-state index is 13.3. The molecule has 4 nitrogen and oxygen atoms in total. The topological polar surface area (TPSA) is 46.1 Å². The molecule has 0 unspecified atom stereocenters. The molecule has 1 aliphatic rings. The summed E-state index contributed by atoms with van der Waals surface area (Å²) in [6.07, 6.45) is 2.42. The number of aryl methyl sites for hydroxylation is 2. The second-order valence-electron chi connectivity index (χ2n) is 7.18. The summed E-state index contributed by atoms with van der Waals surface area (Å²) in [6, 6.07) is 16.0. The third kappa shape index (κ3) is 4.28. The van der Waals surface area contributed by atoms with E-state index in [0.29, 0.717) is 0 Å². The highest BCUT2D eigenvalue weighted by Crippen LogP contribution is 2.41. The van der Waals surface area contributed by atoms with Gasteiger partial charge in [0.1, 0.15) is 0 Å². The number of anilines is 1. The van der Waals surface area contributed by atoms with Gasteiger partial charge in [-0.25, -0.2) is 0 Å². The zero-order valence-corrected chi connectivity index (χ0v) is 17.7. The molecule has 0 bridgehead atoms. The first-order valence-electron chi connectivity index (χ1n) is 9.53. The lowest BCUT2D eigenvalue weighted by molar-refractivity contribution is 0.0989. The fourth-order valence-corrected chi connectivity index (χ4v) is 5.43. The minimum Gasteiger partial charge on any atom is -0.347 e. The van der Waals surface area contributed by atoms with Crippen LogP contribution in [0.4, 0.5) is 5.13 Å². The second kappa shape index (κ2) is 8.45. The van der Waals surface area contributed by atoms with E-state index < -0.39 is 0 Å². The summed E-state index contributed by atoms with van der Waals surface area (Å²) in [7, 11) is 0. The number of ketones is 1. The number of hydrogen-bond acceptors (Lipinski definition) is 6. The Morgan fingerprint density at radius 2 is 1.57 bits per heavy atom. The van der Waals surface area contributed by atoms with Crippen molar-refractivity contribution < 1.29 is 4.79 Å². The summed E-state index contributed by atoms with van der Waals surface area (Å²) in [5.41, 5.74) is 4.06. The fourth-order valence-electron chi connectivity index (χ4n) is 3.27. The number of benzene rings is 2. The molecule has 0 aliphatic carbocycles. The number of hydrogen-bond donors (Lipinski definition) is 0. The van der Waals surface area contributed by atoms with Crippen molar-refractivity contribution in [3.05, 3.63) is 70.8 Å². The molecule has 1 aliphatic heterocycles. The summed E-state index contributed by atoms with van der Waals surface area (Å²) in [6.45, 7) is 6.17. The molecule has 1 aromatic heterocycles. The summed E-state index contributed by atoms with van der Waals surface area (Å²) in [4.78, 5) is 15.6. The normalized spacial score (nSPS) is 15.0. The van der Waals surface area contributed by atoms with E-state index in [1.54, 1.807) is 11.3 Å². The molecule has 0 N–H and O–H groups in total. The highest BCUT2D eigenvalue weighted by molar-refractivity contribution is 8.02. The molecule has 1 fully saturated rings. The van der Waals surface area contributed by atoms with Crippen molar-refractivity contribution >= 4 is 34.0 Å². The molecule has 2 heterocycles. The predicted octanol–water partition coefficient (Wildman–Crippen LogP) is 5.47. The third-order valence-corrected chi connectivity index (χ3v) is 7.27. The minimum absolute atomic E-state index is 0.103. The van der Waals surface area contributed by atoms with E-state index in [-0.39, 0.29) is 11.0 Å². The Morgan fingerprint density at radius 1 is 0.964 bits per heavy atom. The van der Waals surface area contributed by atoms with Crippen LogP contribution in [0.25, 0.3) is 0 Å². The number of carbonyl (C=O) groups excluding carboxylic acids is 1. The lowest BCUT2D eigenvalue weighted by atomic mass is 10.0. The van der Waals surface area contributed by atoms with Crippen molar-refractivity contribution in [1.82, 2.24) is 10.2 Å². The van der Waals surface area contributed by atoms with Gasteiger partial charge in [-0.1, -0.05) is 82.8 Å². The maximum Gasteiger partial charge on any atom is 0.209 e. The molecule has 0 saturated carbocycles. The summed E-state index contributed by atoms with van der Waals surface area (Å²) < 4.78 is 0.841. The van der Waals surface area contributed by atoms with Gasteiger partial charge in [0, 0.05) is 18.7 Å². The van der Waals surface area contributed by atoms with Gasteiger partial charge in [-0.2, -0.15) is 0 Å². The SMILES string of the molecule is Cc1ccc(C(=O)[C@H](Sc2nnc(N3CCCC3)s2)c2ccc(C)cc2)cc1. The van der Waals surface area contributed by atoms with Crippen LogP contribution in [0.1, 0.15) is 45.1 Å². The lowest BCUT2D eigenvalue weighted by Gasteiger charge is -2.15. The van der Waals surface area contributed by atoms with Crippen molar-refractivity contribution in [3.8, 4) is 0 Å². The van der Waals surface area contributed by atoms with Crippen molar-refractivity contribution in [2.24, 2.45) is 0 Å². The predicted molar refractivity (Wildman–Crippen MR) is 117 cm³/mol. The van der Waals surface area contributed by atoms with Crippen LogP contribution in [0.5, 0.6) is 0 Å². The average Bonchev–Trinajstić information content (AvgIpc) is 3.39. The number of nitrogens with zero attached hydrogens (tertiary/aromatic N) is 3. The molecular formula is C22H23N3OS2. The molecule has 4 rings (SSSR count). The minimum atomic E-state index is -0.331. The molecule has 1 saturated heterocycles. The van der Waals surface area contributed by atoms with Crippen LogP contribution < -0.4 is 4.90 Å². The molecule has 0 amide bonds. The Kier molecular flexibility index (Phi) is 5.78. The van der Waals surface area contributed by atoms with E-state index >= 15 is 0 Å². The zero-order chi connectivity index (χ0) is 19.5. The van der Waals surface area contributed by atoms with E-state index in [1.807, 2.05) is 43.3 Å². The first kappa shape index (κ1) is 19.2. The number of Topliss-reactive ketones (excluding diaryl/α,β-unsaturated/α-hetero) is 1. The molecule has 28 heavy (non-hydrogen) atoms. The molecule has 0 spiro atoms. The van der Waals surface area contributed by atoms with Crippen LogP contribution in [0.2, 0.25) is 0 Å². The van der Waals surface area contributed by atoms with Crippen LogP contribution in [-0.2, 0) is 0 Å². The smallest absolute Gasteiger partial charge is 0.209 e. The highest BCUT2D eigenvalue weighted by Gasteiger charge is 2.26. The van der Waals surface area contributed by atoms with E-state index in [9.17, 15) is 4.79 Å². The van der Waals surface area contributed by atoms with E-state index in [4.69, 9.17) is 0 Å². The first-order valence-corrected chi connectivity index (χ1v) is 11.2. The van der Waals surface area contributed by atoms with Gasteiger partial charge in [0.2, 0.25) is 5.13 Å². The molecule has 2 aromatic carbocycles. The summed E-state index contributed by atoms with van der Waals surface area (Å²) >= 11 is 3.09. The third-order valence-electron chi connectivity index (χ3n) is 4.95. The van der Waals surface area contributed by atoms with Gasteiger partial charge >= 0.3 is 0 Å². The first-order chi connectivity index (χ1) is 13.6. The van der Waals surface area contributed by atoms with Crippen molar-refractivity contribution in [2.75, 3.05) is 18.0 Å². The van der Waals surface area contributed by atoms with E-state index in [0.717, 1.165) is 39.3 Å². The fraction of sp³-hybridized carbons (Fsp3) is 0.318. The van der Waals surface area contributed by atoms with Gasteiger partial charge in [-0.15, -0.1) is 10.2 Å². The standard InChI is InChI=1S/C22H23N3OS2/c1-15-5-9-17(10-6-15)19(26)20(18-11-7-16(2)8-12-18)27-22-24-23-21(28-22)25-13-3-4-14-25/h5-12,20H,3-4,13-14H2,1-2H3/t20-/m1/s1. The quantitative estimate of drug-likeness (QED) is 0.399. The molecule has 3 aromatic rings. The number of thioether (sulfide) groups is 1. The van der Waals surface area contributed by atoms with Crippen LogP contribution in [0.3, 0.4) is 0 Å². The van der Waals surface area contributed by atoms with E-state index in [1.165, 1.54) is 30.2 Å². The monoisotopic (exact) mass is 409 g/mol. The molecule has 144 valence electrons. The summed E-state index contributed by atoms with van der Waals surface area (Å²) in [5, 5.41) is 9.37. The van der Waals surface area contributed by atoms with Crippen molar-refractivity contribution in [3.63, 3.8) is 0 Å². The van der Waals surface area contributed by atoms with Crippen molar-refractivity contribution in [2.45, 2.75) is 36.3 Å². The van der Waals surface area contributed by atoms with Crippen LogP contribution in [0, 0.1) is 13.8 Å². The molecular weight excluding hydrogens is 386 g/mol. The largest absolute Gasteiger partial charge is 0.347 e. The van der Waals surface area contributed by atoms with Gasteiger partial charge in [0.05, 0.1) is 5.25 Å². The van der Waals surface area contributed by atoms with Gasteiger partial charge in [0.15, 0.2) is 10.1 Å². The van der Waals surface area contributed by atoms with Gasteiger partial charge in [0.25, 0.3) is 0 Å². The Hall–Kier alpha value is -2.18. The van der Waals surface area contributed by atoms with E-state index in [2.05, 4.69) is 34.2 Å². The Labute approximate surface area is 174 Å². The summed E-state index contributed by atoms with van der Waals surface area (Å²) in [5.74, 6) is 0.103.